The Morgan fingerprint density at radius 2 is 1.68 bits per heavy atom. The molecule has 4 saturated carbocycles. The normalized spacial score (nSPS) is 40.0. The van der Waals surface area contributed by atoms with Gasteiger partial charge in [0.25, 0.3) is 0 Å². The molecule has 1 N–H and O–H groups in total. The molecule has 4 aliphatic carbocycles. The van der Waals surface area contributed by atoms with Gasteiger partial charge in [-0.1, -0.05) is 0 Å². The molecule has 5 rings (SSSR count). The number of aromatic nitrogens is 1. The summed E-state index contributed by atoms with van der Waals surface area (Å²) in [5.74, 6) is 3.08. The molecule has 1 aromatic rings. The number of rotatable bonds is 3. The zero-order valence-electron chi connectivity index (χ0n) is 12.0. The van der Waals surface area contributed by atoms with Crippen molar-refractivity contribution in [3.05, 3.63) is 15.6 Å². The van der Waals surface area contributed by atoms with Crippen molar-refractivity contribution in [2.45, 2.75) is 64.5 Å². The first-order chi connectivity index (χ1) is 9.12. The second-order valence-electron chi connectivity index (χ2n) is 7.30. The Bertz CT molecular complexity index is 436. The van der Waals surface area contributed by atoms with E-state index in [1.54, 1.807) is 0 Å². The van der Waals surface area contributed by atoms with Crippen LogP contribution in [0.3, 0.4) is 0 Å². The van der Waals surface area contributed by atoms with Gasteiger partial charge in [0, 0.05) is 17.0 Å². The number of aryl methyl sites for hydroxylation is 2. The summed E-state index contributed by atoms with van der Waals surface area (Å²) in [6, 6.07) is 0. The number of nitrogens with one attached hydrogen (secondary N) is 1. The summed E-state index contributed by atoms with van der Waals surface area (Å²) in [4.78, 5) is 6.06. The largest absolute Gasteiger partial charge is 0.305 e. The standard InChI is InChI=1S/C16H24N2S/c1-10-11(2)19-15(18-10)9-17-16-6-12-3-13(7-16)5-14(4-12)8-16/h12-14,17H,3-9H2,1-2H3. The Labute approximate surface area is 120 Å². The number of thiazole rings is 1. The Morgan fingerprint density at radius 1 is 1.11 bits per heavy atom. The summed E-state index contributed by atoms with van der Waals surface area (Å²) in [6.45, 7) is 5.30. The Balaban J connectivity index is 1.47. The van der Waals surface area contributed by atoms with E-state index in [4.69, 9.17) is 0 Å². The first kappa shape index (κ1) is 12.3. The molecule has 0 amide bonds. The molecule has 1 aromatic heterocycles. The fraction of sp³-hybridized carbons (Fsp3) is 0.812. The van der Waals surface area contributed by atoms with Gasteiger partial charge in [0.15, 0.2) is 0 Å². The molecule has 104 valence electrons. The molecule has 0 aromatic carbocycles. The Morgan fingerprint density at radius 3 is 2.16 bits per heavy atom. The van der Waals surface area contributed by atoms with Gasteiger partial charge in [-0.15, -0.1) is 11.3 Å². The van der Waals surface area contributed by atoms with Crippen LogP contribution in [0.15, 0.2) is 0 Å². The van der Waals surface area contributed by atoms with Crippen LogP contribution in [0.5, 0.6) is 0 Å². The van der Waals surface area contributed by atoms with Crippen molar-refractivity contribution < 1.29 is 0 Å². The molecule has 3 heteroatoms. The van der Waals surface area contributed by atoms with Crippen molar-refractivity contribution in [1.82, 2.24) is 10.3 Å². The van der Waals surface area contributed by atoms with Crippen LogP contribution in [-0.4, -0.2) is 10.5 Å². The summed E-state index contributed by atoms with van der Waals surface area (Å²) in [5.41, 5.74) is 1.69. The summed E-state index contributed by atoms with van der Waals surface area (Å²) in [7, 11) is 0. The Kier molecular flexibility index (Phi) is 2.79. The molecule has 4 fully saturated rings. The van der Waals surface area contributed by atoms with E-state index in [1.165, 1.54) is 54.1 Å². The summed E-state index contributed by atoms with van der Waals surface area (Å²) in [6.07, 6.45) is 8.87. The lowest BCUT2D eigenvalue weighted by atomic mass is 9.53. The maximum absolute atomic E-state index is 4.68. The van der Waals surface area contributed by atoms with Crippen molar-refractivity contribution in [3.63, 3.8) is 0 Å². The van der Waals surface area contributed by atoms with Crippen molar-refractivity contribution in [2.24, 2.45) is 17.8 Å². The minimum Gasteiger partial charge on any atom is -0.305 e. The van der Waals surface area contributed by atoms with Crippen molar-refractivity contribution >= 4 is 11.3 Å². The SMILES string of the molecule is Cc1nc(CNC23CC4CC(CC(C4)C2)C3)sc1C. The van der Waals surface area contributed by atoms with Gasteiger partial charge in [-0.2, -0.15) is 0 Å². The predicted molar refractivity (Wildman–Crippen MR) is 79.3 cm³/mol. The molecule has 0 aliphatic heterocycles. The molecule has 1 heterocycles. The molecule has 0 unspecified atom stereocenters. The second-order valence-corrected chi connectivity index (χ2v) is 8.59. The average molecular weight is 276 g/mol. The molecule has 0 atom stereocenters. The topological polar surface area (TPSA) is 24.9 Å². The van der Waals surface area contributed by atoms with E-state index in [2.05, 4.69) is 24.1 Å². The minimum atomic E-state index is 0.474. The maximum atomic E-state index is 4.68. The molecule has 0 saturated heterocycles. The van der Waals surface area contributed by atoms with Gasteiger partial charge < -0.3 is 5.32 Å². The maximum Gasteiger partial charge on any atom is 0.107 e. The second kappa shape index (κ2) is 4.29. The smallest absolute Gasteiger partial charge is 0.107 e. The van der Waals surface area contributed by atoms with Crippen molar-refractivity contribution in [1.29, 1.82) is 0 Å². The van der Waals surface area contributed by atoms with Gasteiger partial charge in [0.2, 0.25) is 0 Å². The van der Waals surface area contributed by atoms with Gasteiger partial charge in [0.1, 0.15) is 5.01 Å². The summed E-state index contributed by atoms with van der Waals surface area (Å²) >= 11 is 1.87. The van der Waals surface area contributed by atoms with Crippen LogP contribution in [-0.2, 0) is 6.54 Å². The highest BCUT2D eigenvalue weighted by Crippen LogP contribution is 2.55. The highest BCUT2D eigenvalue weighted by Gasteiger charge is 2.50. The molecule has 0 spiro atoms. The van der Waals surface area contributed by atoms with Gasteiger partial charge in [-0.3, -0.25) is 0 Å². The fourth-order valence-electron chi connectivity index (χ4n) is 5.21. The van der Waals surface area contributed by atoms with Crippen LogP contribution in [0.25, 0.3) is 0 Å². The molecular weight excluding hydrogens is 252 g/mol. The molecular formula is C16H24N2S. The van der Waals surface area contributed by atoms with Crippen LogP contribution < -0.4 is 5.32 Å². The number of nitrogens with zero attached hydrogens (tertiary/aromatic N) is 1. The summed E-state index contributed by atoms with van der Waals surface area (Å²) in [5, 5.41) is 5.22. The average Bonchev–Trinajstić information content (AvgIpc) is 2.65. The zero-order valence-corrected chi connectivity index (χ0v) is 12.9. The van der Waals surface area contributed by atoms with E-state index < -0.39 is 0 Å². The third-order valence-corrected chi connectivity index (χ3v) is 6.80. The highest BCUT2D eigenvalue weighted by atomic mass is 32.1. The van der Waals surface area contributed by atoms with E-state index in [0.717, 1.165) is 24.3 Å². The summed E-state index contributed by atoms with van der Waals surface area (Å²) < 4.78 is 0. The van der Waals surface area contributed by atoms with Gasteiger partial charge in [-0.25, -0.2) is 4.98 Å². The van der Waals surface area contributed by atoms with Crippen molar-refractivity contribution in [2.75, 3.05) is 0 Å². The lowest BCUT2D eigenvalue weighted by Crippen LogP contribution is -2.58. The lowest BCUT2D eigenvalue weighted by molar-refractivity contribution is -0.0206. The van der Waals surface area contributed by atoms with Gasteiger partial charge in [-0.05, 0) is 70.1 Å². The highest BCUT2D eigenvalue weighted by molar-refractivity contribution is 7.11. The van der Waals surface area contributed by atoms with Crippen LogP contribution in [0.4, 0.5) is 0 Å². The fourth-order valence-corrected chi connectivity index (χ4v) is 6.08. The molecule has 2 nitrogen and oxygen atoms in total. The minimum absolute atomic E-state index is 0.474. The van der Waals surface area contributed by atoms with Crippen LogP contribution in [0.2, 0.25) is 0 Å². The van der Waals surface area contributed by atoms with E-state index in [9.17, 15) is 0 Å². The molecule has 19 heavy (non-hydrogen) atoms. The first-order valence-corrected chi connectivity index (χ1v) is 8.61. The lowest BCUT2D eigenvalue weighted by Gasteiger charge is -2.57. The monoisotopic (exact) mass is 276 g/mol. The van der Waals surface area contributed by atoms with Crippen LogP contribution in [0, 0.1) is 31.6 Å². The van der Waals surface area contributed by atoms with Crippen LogP contribution in [0.1, 0.15) is 54.1 Å². The quantitative estimate of drug-likeness (QED) is 0.908. The third kappa shape index (κ3) is 2.15. The van der Waals surface area contributed by atoms with E-state index in [0.29, 0.717) is 5.54 Å². The number of hydrogen-bond donors (Lipinski definition) is 1. The van der Waals surface area contributed by atoms with Gasteiger partial charge >= 0.3 is 0 Å². The van der Waals surface area contributed by atoms with E-state index in [1.807, 2.05) is 11.3 Å². The van der Waals surface area contributed by atoms with Gasteiger partial charge in [0.05, 0.1) is 5.69 Å². The molecule has 4 bridgehead atoms. The predicted octanol–water partition coefficient (Wildman–Crippen LogP) is 3.82. The third-order valence-electron chi connectivity index (χ3n) is 5.73. The number of hydrogen-bond acceptors (Lipinski definition) is 3. The zero-order chi connectivity index (χ0) is 13.0. The Hall–Kier alpha value is -0.410. The van der Waals surface area contributed by atoms with Crippen LogP contribution >= 0.6 is 11.3 Å². The van der Waals surface area contributed by atoms with E-state index in [-0.39, 0.29) is 0 Å². The first-order valence-electron chi connectivity index (χ1n) is 7.80. The molecule has 0 radical (unpaired) electrons. The van der Waals surface area contributed by atoms with Crippen molar-refractivity contribution in [3.8, 4) is 0 Å². The van der Waals surface area contributed by atoms with E-state index >= 15 is 0 Å². The molecule has 4 aliphatic rings.